The summed E-state index contributed by atoms with van der Waals surface area (Å²) in [7, 11) is 0. The van der Waals surface area contributed by atoms with Crippen LogP contribution in [0, 0.1) is 5.82 Å². The van der Waals surface area contributed by atoms with Gasteiger partial charge in [0.1, 0.15) is 5.82 Å². The van der Waals surface area contributed by atoms with Gasteiger partial charge in [0, 0.05) is 38.8 Å². The van der Waals surface area contributed by atoms with Crippen molar-refractivity contribution in [3.63, 3.8) is 0 Å². The number of alkyl halides is 3. The lowest BCUT2D eigenvalue weighted by Gasteiger charge is -2.36. The summed E-state index contributed by atoms with van der Waals surface area (Å²) in [6, 6.07) is 5.73. The molecule has 1 aliphatic rings. The van der Waals surface area contributed by atoms with Crippen LogP contribution in [0.4, 0.5) is 17.6 Å². The third kappa shape index (κ3) is 5.26. The number of rotatable bonds is 4. The minimum Gasteiger partial charge on any atom is -0.323 e. The van der Waals surface area contributed by atoms with Gasteiger partial charge >= 0.3 is 6.18 Å². The summed E-state index contributed by atoms with van der Waals surface area (Å²) in [5.41, 5.74) is 6.88. The molecular formula is C14H19F4N3. The molecule has 7 heteroatoms. The number of hydrogen-bond acceptors (Lipinski definition) is 3. The molecule has 2 rings (SSSR count). The van der Waals surface area contributed by atoms with Crippen molar-refractivity contribution in [1.82, 2.24) is 9.80 Å². The number of benzene rings is 1. The van der Waals surface area contributed by atoms with Gasteiger partial charge in [-0.05, 0) is 17.7 Å². The summed E-state index contributed by atoms with van der Waals surface area (Å²) in [6.07, 6.45) is -4.15. The fourth-order valence-electron chi connectivity index (χ4n) is 2.48. The first-order valence-electron chi connectivity index (χ1n) is 6.86. The summed E-state index contributed by atoms with van der Waals surface area (Å²) in [6.45, 7) is 1.59. The van der Waals surface area contributed by atoms with Gasteiger partial charge in [-0.25, -0.2) is 4.39 Å². The Kier molecular flexibility index (Phi) is 5.18. The number of piperazine rings is 1. The molecule has 1 aliphatic heterocycles. The highest BCUT2D eigenvalue weighted by Crippen LogP contribution is 2.18. The number of nitrogens with zero attached hydrogens (tertiary/aromatic N) is 2. The topological polar surface area (TPSA) is 32.5 Å². The van der Waals surface area contributed by atoms with Crippen LogP contribution >= 0.6 is 0 Å². The Morgan fingerprint density at radius 3 is 2.05 bits per heavy atom. The second-order valence-electron chi connectivity index (χ2n) is 5.35. The molecular weight excluding hydrogens is 286 g/mol. The Bertz CT molecular complexity index is 439. The second-order valence-corrected chi connectivity index (χ2v) is 5.35. The molecule has 1 aromatic carbocycles. The zero-order valence-electron chi connectivity index (χ0n) is 11.6. The standard InChI is InChI=1S/C14H19F4N3/c15-12-3-1-11(2-4-12)13(19)9-20-5-7-21(8-6-20)10-14(16,17)18/h1-4,13H,5-10,19H2. The van der Waals surface area contributed by atoms with Crippen molar-refractivity contribution in [2.24, 2.45) is 5.73 Å². The van der Waals surface area contributed by atoms with Crippen LogP contribution < -0.4 is 5.73 Å². The third-order valence-corrected chi connectivity index (χ3v) is 3.62. The van der Waals surface area contributed by atoms with Crippen LogP contribution in [0.1, 0.15) is 11.6 Å². The molecule has 1 saturated heterocycles. The summed E-state index contributed by atoms with van der Waals surface area (Å²) >= 11 is 0. The van der Waals surface area contributed by atoms with E-state index in [1.54, 1.807) is 12.1 Å². The first-order chi connectivity index (χ1) is 9.83. The molecule has 0 bridgehead atoms. The maximum absolute atomic E-state index is 12.8. The average molecular weight is 305 g/mol. The average Bonchev–Trinajstić information content (AvgIpc) is 2.40. The molecule has 0 aromatic heterocycles. The molecule has 1 atom stereocenters. The molecule has 1 unspecified atom stereocenters. The Labute approximate surface area is 121 Å². The summed E-state index contributed by atoms with van der Waals surface area (Å²) in [4.78, 5) is 3.45. The monoisotopic (exact) mass is 305 g/mol. The highest BCUT2D eigenvalue weighted by atomic mass is 19.4. The smallest absolute Gasteiger partial charge is 0.323 e. The van der Waals surface area contributed by atoms with Crippen molar-refractivity contribution in [3.8, 4) is 0 Å². The number of hydrogen-bond donors (Lipinski definition) is 1. The molecule has 118 valence electrons. The quantitative estimate of drug-likeness (QED) is 0.864. The van der Waals surface area contributed by atoms with E-state index >= 15 is 0 Å². The summed E-state index contributed by atoms with van der Waals surface area (Å²) < 4.78 is 49.7. The van der Waals surface area contributed by atoms with Gasteiger partial charge in [-0.3, -0.25) is 9.80 Å². The molecule has 0 spiro atoms. The Balaban J connectivity index is 1.79. The molecule has 0 amide bonds. The van der Waals surface area contributed by atoms with Crippen molar-refractivity contribution in [1.29, 1.82) is 0 Å². The van der Waals surface area contributed by atoms with Crippen LogP contribution in [0.15, 0.2) is 24.3 Å². The van der Waals surface area contributed by atoms with Crippen LogP contribution in [0.2, 0.25) is 0 Å². The lowest BCUT2D eigenvalue weighted by molar-refractivity contribution is -0.149. The zero-order chi connectivity index (χ0) is 15.5. The van der Waals surface area contributed by atoms with E-state index in [2.05, 4.69) is 0 Å². The minimum atomic E-state index is -4.15. The van der Waals surface area contributed by atoms with Gasteiger partial charge in [-0.1, -0.05) is 12.1 Å². The largest absolute Gasteiger partial charge is 0.401 e. The van der Waals surface area contributed by atoms with E-state index in [1.165, 1.54) is 17.0 Å². The highest BCUT2D eigenvalue weighted by molar-refractivity contribution is 5.19. The van der Waals surface area contributed by atoms with E-state index in [0.717, 1.165) is 5.56 Å². The van der Waals surface area contributed by atoms with Gasteiger partial charge in [0.15, 0.2) is 0 Å². The lowest BCUT2D eigenvalue weighted by Crippen LogP contribution is -2.50. The van der Waals surface area contributed by atoms with Gasteiger partial charge in [-0.2, -0.15) is 13.2 Å². The van der Waals surface area contributed by atoms with Crippen LogP contribution in [-0.2, 0) is 0 Å². The molecule has 3 nitrogen and oxygen atoms in total. The fourth-order valence-corrected chi connectivity index (χ4v) is 2.48. The zero-order valence-corrected chi connectivity index (χ0v) is 11.6. The van der Waals surface area contributed by atoms with Crippen molar-refractivity contribution >= 4 is 0 Å². The van der Waals surface area contributed by atoms with Gasteiger partial charge in [0.05, 0.1) is 6.54 Å². The van der Waals surface area contributed by atoms with E-state index in [0.29, 0.717) is 32.7 Å². The van der Waals surface area contributed by atoms with Gasteiger partial charge in [0.25, 0.3) is 0 Å². The van der Waals surface area contributed by atoms with E-state index in [4.69, 9.17) is 5.73 Å². The molecule has 2 N–H and O–H groups in total. The molecule has 1 aromatic rings. The van der Waals surface area contributed by atoms with Crippen molar-refractivity contribution in [3.05, 3.63) is 35.6 Å². The molecule has 0 aliphatic carbocycles. The molecule has 1 heterocycles. The van der Waals surface area contributed by atoms with E-state index in [9.17, 15) is 17.6 Å². The molecule has 0 saturated carbocycles. The third-order valence-electron chi connectivity index (χ3n) is 3.62. The van der Waals surface area contributed by atoms with E-state index < -0.39 is 12.7 Å². The van der Waals surface area contributed by atoms with Crippen LogP contribution in [0.5, 0.6) is 0 Å². The molecule has 1 fully saturated rings. The maximum Gasteiger partial charge on any atom is 0.401 e. The van der Waals surface area contributed by atoms with E-state index in [-0.39, 0.29) is 11.9 Å². The van der Waals surface area contributed by atoms with Gasteiger partial charge < -0.3 is 5.73 Å². The first kappa shape index (κ1) is 16.2. The first-order valence-corrected chi connectivity index (χ1v) is 6.86. The predicted octanol–water partition coefficient (Wildman–Crippen LogP) is 2.01. The number of halogens is 4. The minimum absolute atomic E-state index is 0.264. The predicted molar refractivity (Wildman–Crippen MR) is 72.3 cm³/mol. The van der Waals surface area contributed by atoms with Crippen LogP contribution in [-0.4, -0.2) is 55.2 Å². The summed E-state index contributed by atoms with van der Waals surface area (Å²) in [5.74, 6) is -0.313. The van der Waals surface area contributed by atoms with Crippen molar-refractivity contribution in [2.45, 2.75) is 12.2 Å². The number of nitrogens with two attached hydrogens (primary N) is 1. The Morgan fingerprint density at radius 2 is 1.52 bits per heavy atom. The summed E-state index contributed by atoms with van der Waals surface area (Å²) in [5, 5.41) is 0. The van der Waals surface area contributed by atoms with Gasteiger partial charge in [0.2, 0.25) is 0 Å². The molecule has 0 radical (unpaired) electrons. The Hall–Kier alpha value is -1.18. The lowest BCUT2D eigenvalue weighted by atomic mass is 10.1. The fraction of sp³-hybridized carbons (Fsp3) is 0.571. The van der Waals surface area contributed by atoms with Gasteiger partial charge in [-0.15, -0.1) is 0 Å². The van der Waals surface area contributed by atoms with E-state index in [1.807, 2.05) is 4.90 Å². The van der Waals surface area contributed by atoms with Crippen molar-refractivity contribution < 1.29 is 17.6 Å². The highest BCUT2D eigenvalue weighted by Gasteiger charge is 2.32. The van der Waals surface area contributed by atoms with Crippen molar-refractivity contribution in [2.75, 3.05) is 39.3 Å². The van der Waals surface area contributed by atoms with Crippen LogP contribution in [0.25, 0.3) is 0 Å². The molecule has 21 heavy (non-hydrogen) atoms. The Morgan fingerprint density at radius 1 is 1.00 bits per heavy atom. The maximum atomic E-state index is 12.8. The van der Waals surface area contributed by atoms with Crippen LogP contribution in [0.3, 0.4) is 0 Å². The second kappa shape index (κ2) is 6.72. The SMILES string of the molecule is NC(CN1CCN(CC(F)(F)F)CC1)c1ccc(F)cc1. The normalized spacial score (nSPS) is 19.7.